The van der Waals surface area contributed by atoms with Crippen molar-refractivity contribution in [2.45, 2.75) is 25.8 Å². The Morgan fingerprint density at radius 1 is 1.17 bits per heavy atom. The van der Waals surface area contributed by atoms with Gasteiger partial charge in [-0.15, -0.1) is 12.4 Å². The highest BCUT2D eigenvalue weighted by molar-refractivity contribution is 5.89. The third kappa shape index (κ3) is 4.39. The highest BCUT2D eigenvalue weighted by Crippen LogP contribution is 2.13. The maximum Gasteiger partial charge on any atom is 0.321 e. The van der Waals surface area contributed by atoms with Crippen molar-refractivity contribution < 1.29 is 9.59 Å². The first-order valence-corrected chi connectivity index (χ1v) is 8.28. The second-order valence-electron chi connectivity index (χ2n) is 6.26. The second kappa shape index (κ2) is 8.35. The van der Waals surface area contributed by atoms with Gasteiger partial charge in [-0.05, 0) is 44.0 Å². The van der Waals surface area contributed by atoms with Crippen molar-refractivity contribution in [3.63, 3.8) is 0 Å². The number of aryl methyl sites for hydroxylation is 1. The molecule has 1 unspecified atom stereocenters. The van der Waals surface area contributed by atoms with Gasteiger partial charge in [0.15, 0.2) is 0 Å². The van der Waals surface area contributed by atoms with Crippen LogP contribution in [0.4, 0.5) is 10.5 Å². The largest absolute Gasteiger partial charge is 0.338 e. The lowest BCUT2D eigenvalue weighted by Gasteiger charge is -2.35. The van der Waals surface area contributed by atoms with Gasteiger partial charge >= 0.3 is 6.03 Å². The Morgan fingerprint density at radius 2 is 1.88 bits per heavy atom. The minimum atomic E-state index is -0.0957. The number of nitrogens with zero attached hydrogens (tertiary/aromatic N) is 2. The van der Waals surface area contributed by atoms with Gasteiger partial charge in [-0.1, -0.05) is 12.1 Å². The molecule has 3 amide bonds. The van der Waals surface area contributed by atoms with Gasteiger partial charge in [-0.2, -0.15) is 0 Å². The molecule has 2 heterocycles. The van der Waals surface area contributed by atoms with Crippen molar-refractivity contribution in [3.8, 4) is 0 Å². The average molecular weight is 353 g/mol. The smallest absolute Gasteiger partial charge is 0.321 e. The summed E-state index contributed by atoms with van der Waals surface area (Å²) in [6.07, 6.45) is 1.99. The molecule has 0 radical (unpaired) electrons. The summed E-state index contributed by atoms with van der Waals surface area (Å²) < 4.78 is 0. The summed E-state index contributed by atoms with van der Waals surface area (Å²) in [5.74, 6) is 0.182. The molecular formula is C17H25ClN4O2. The van der Waals surface area contributed by atoms with Gasteiger partial charge in [0.25, 0.3) is 0 Å². The minimum Gasteiger partial charge on any atom is -0.338 e. The molecule has 2 aliphatic rings. The molecule has 132 valence electrons. The number of carbonyl (C=O) groups excluding carboxylic acids is 2. The van der Waals surface area contributed by atoms with Crippen molar-refractivity contribution >= 4 is 30.0 Å². The van der Waals surface area contributed by atoms with Crippen molar-refractivity contribution in [2.24, 2.45) is 0 Å². The first-order chi connectivity index (χ1) is 11.1. The number of halogens is 1. The number of amides is 3. The maximum absolute atomic E-state index is 12.3. The van der Waals surface area contributed by atoms with Crippen LogP contribution in [0.1, 0.15) is 18.4 Å². The quantitative estimate of drug-likeness (QED) is 0.853. The lowest BCUT2D eigenvalue weighted by atomic mass is 10.2. The van der Waals surface area contributed by atoms with E-state index in [0.29, 0.717) is 26.2 Å². The fourth-order valence-corrected chi connectivity index (χ4v) is 3.17. The number of hydrogen-bond donors (Lipinski definition) is 2. The van der Waals surface area contributed by atoms with Crippen LogP contribution >= 0.6 is 12.4 Å². The van der Waals surface area contributed by atoms with E-state index in [-0.39, 0.29) is 30.4 Å². The number of hydrogen-bond acceptors (Lipinski definition) is 3. The summed E-state index contributed by atoms with van der Waals surface area (Å²) in [4.78, 5) is 28.3. The summed E-state index contributed by atoms with van der Waals surface area (Å²) in [5.41, 5.74) is 1.92. The number of anilines is 1. The van der Waals surface area contributed by atoms with Gasteiger partial charge in [0.05, 0.1) is 6.04 Å². The monoisotopic (exact) mass is 352 g/mol. The van der Waals surface area contributed by atoms with Crippen LogP contribution in [-0.2, 0) is 4.79 Å². The van der Waals surface area contributed by atoms with Crippen molar-refractivity contribution in [2.75, 3.05) is 38.0 Å². The number of rotatable bonds is 2. The van der Waals surface area contributed by atoms with Crippen molar-refractivity contribution in [1.82, 2.24) is 15.1 Å². The van der Waals surface area contributed by atoms with E-state index in [1.54, 1.807) is 4.90 Å². The normalized spacial score (nSPS) is 20.5. The highest BCUT2D eigenvalue weighted by atomic mass is 35.5. The Bertz CT molecular complexity index is 582. The Kier molecular flexibility index (Phi) is 6.45. The molecule has 2 saturated heterocycles. The van der Waals surface area contributed by atoms with Gasteiger partial charge in [0.2, 0.25) is 5.91 Å². The van der Waals surface area contributed by atoms with Gasteiger partial charge in [0, 0.05) is 31.9 Å². The van der Waals surface area contributed by atoms with Crippen LogP contribution in [0, 0.1) is 6.92 Å². The summed E-state index contributed by atoms with van der Waals surface area (Å²) >= 11 is 0. The number of piperazine rings is 1. The number of urea groups is 1. The Morgan fingerprint density at radius 3 is 2.50 bits per heavy atom. The molecule has 2 N–H and O–H groups in total. The van der Waals surface area contributed by atoms with Crippen molar-refractivity contribution in [3.05, 3.63) is 29.8 Å². The van der Waals surface area contributed by atoms with Crippen LogP contribution in [0.2, 0.25) is 0 Å². The SMILES string of the molecule is Cc1cccc(NC(=O)N2CCN(C(=O)C3CCCN3)CC2)c1.Cl. The van der Waals surface area contributed by atoms with E-state index in [2.05, 4.69) is 10.6 Å². The van der Waals surface area contributed by atoms with Crippen LogP contribution in [0.15, 0.2) is 24.3 Å². The molecule has 0 aliphatic carbocycles. The lowest BCUT2D eigenvalue weighted by Crippen LogP contribution is -2.54. The zero-order valence-corrected chi connectivity index (χ0v) is 14.8. The number of nitrogens with one attached hydrogen (secondary N) is 2. The second-order valence-corrected chi connectivity index (χ2v) is 6.26. The van der Waals surface area contributed by atoms with E-state index in [1.807, 2.05) is 36.1 Å². The predicted molar refractivity (Wildman–Crippen MR) is 96.6 cm³/mol. The van der Waals surface area contributed by atoms with E-state index in [9.17, 15) is 9.59 Å². The van der Waals surface area contributed by atoms with Crippen LogP contribution < -0.4 is 10.6 Å². The van der Waals surface area contributed by atoms with Crippen LogP contribution in [-0.4, -0.2) is 60.5 Å². The maximum atomic E-state index is 12.3. The molecule has 1 atom stereocenters. The summed E-state index contributed by atoms with van der Waals surface area (Å²) in [6, 6.07) is 7.64. The average Bonchev–Trinajstić information content (AvgIpc) is 3.09. The Hall–Kier alpha value is -1.79. The molecule has 0 aromatic heterocycles. The first-order valence-electron chi connectivity index (χ1n) is 8.28. The molecule has 24 heavy (non-hydrogen) atoms. The fourth-order valence-electron chi connectivity index (χ4n) is 3.17. The molecule has 2 aliphatic heterocycles. The molecule has 1 aromatic rings. The summed E-state index contributed by atoms with van der Waals surface area (Å²) in [7, 11) is 0. The zero-order chi connectivity index (χ0) is 16.2. The highest BCUT2D eigenvalue weighted by Gasteiger charge is 2.30. The van der Waals surface area contributed by atoms with E-state index in [4.69, 9.17) is 0 Å². The van der Waals surface area contributed by atoms with Crippen molar-refractivity contribution in [1.29, 1.82) is 0 Å². The van der Waals surface area contributed by atoms with Crippen LogP contribution in [0.25, 0.3) is 0 Å². The molecule has 0 spiro atoms. The van der Waals surface area contributed by atoms with E-state index >= 15 is 0 Å². The predicted octanol–water partition coefficient (Wildman–Crippen LogP) is 1.84. The molecule has 1 aromatic carbocycles. The first kappa shape index (κ1) is 18.5. The minimum absolute atomic E-state index is 0. The molecule has 0 saturated carbocycles. The van der Waals surface area contributed by atoms with Crippen LogP contribution in [0.5, 0.6) is 0 Å². The number of carbonyl (C=O) groups is 2. The standard InChI is InChI=1S/C17H24N4O2.ClH/c1-13-4-2-5-14(12-13)19-17(23)21-10-8-20(9-11-21)16(22)15-6-3-7-18-15;/h2,4-5,12,15,18H,3,6-11H2,1H3,(H,19,23);1H. The third-order valence-electron chi connectivity index (χ3n) is 4.51. The van der Waals surface area contributed by atoms with Gasteiger partial charge in [0.1, 0.15) is 0 Å². The number of benzene rings is 1. The van der Waals surface area contributed by atoms with E-state index < -0.39 is 0 Å². The van der Waals surface area contributed by atoms with E-state index in [1.165, 1.54) is 0 Å². The fraction of sp³-hybridized carbons (Fsp3) is 0.529. The third-order valence-corrected chi connectivity index (χ3v) is 4.51. The molecule has 3 rings (SSSR count). The molecular weight excluding hydrogens is 328 g/mol. The molecule has 6 nitrogen and oxygen atoms in total. The zero-order valence-electron chi connectivity index (χ0n) is 14.0. The Labute approximate surface area is 149 Å². The van der Waals surface area contributed by atoms with Gasteiger partial charge in [-0.25, -0.2) is 4.79 Å². The molecule has 0 bridgehead atoms. The summed E-state index contributed by atoms with van der Waals surface area (Å²) in [6.45, 7) is 5.30. The van der Waals surface area contributed by atoms with Gasteiger partial charge < -0.3 is 20.4 Å². The Balaban J connectivity index is 0.00000208. The van der Waals surface area contributed by atoms with E-state index in [0.717, 1.165) is 30.6 Å². The summed E-state index contributed by atoms with van der Waals surface area (Å²) in [5, 5.41) is 6.16. The molecule has 7 heteroatoms. The van der Waals surface area contributed by atoms with Gasteiger partial charge in [-0.3, -0.25) is 4.79 Å². The lowest BCUT2D eigenvalue weighted by molar-refractivity contribution is -0.134. The topological polar surface area (TPSA) is 64.7 Å². The van der Waals surface area contributed by atoms with Crippen LogP contribution in [0.3, 0.4) is 0 Å². The molecule has 2 fully saturated rings.